The molecule has 3 rings (SSSR count). The number of piperidine rings is 1. The lowest BCUT2D eigenvalue weighted by atomic mass is 9.95. The zero-order chi connectivity index (χ0) is 17.8. The second-order valence-corrected chi connectivity index (χ2v) is 7.55. The molecule has 2 aromatic rings. The molecule has 0 radical (unpaired) electrons. The Morgan fingerprint density at radius 2 is 1.80 bits per heavy atom. The third kappa shape index (κ3) is 5.11. The van der Waals surface area contributed by atoms with Crippen molar-refractivity contribution in [2.75, 3.05) is 18.4 Å². The average molecular weight is 398 g/mol. The molecule has 0 bridgehead atoms. The van der Waals surface area contributed by atoms with Gasteiger partial charge in [-0.15, -0.1) is 0 Å². The van der Waals surface area contributed by atoms with Crippen LogP contribution in [0.15, 0.2) is 42.5 Å². The van der Waals surface area contributed by atoms with Gasteiger partial charge in [0.25, 0.3) is 0 Å². The molecule has 0 spiro atoms. The first-order valence-electron chi connectivity index (χ1n) is 8.24. The monoisotopic (exact) mass is 396 g/mol. The molecular formula is C19H19Cl3N2O. The number of nitrogens with one attached hydrogen (secondary N) is 1. The van der Waals surface area contributed by atoms with E-state index < -0.39 is 0 Å². The lowest BCUT2D eigenvalue weighted by molar-refractivity contribution is -0.121. The highest BCUT2D eigenvalue weighted by atomic mass is 35.5. The number of likely N-dealkylation sites (tertiary alicyclic amines) is 1. The Morgan fingerprint density at radius 1 is 1.04 bits per heavy atom. The van der Waals surface area contributed by atoms with E-state index in [1.807, 2.05) is 18.2 Å². The molecule has 2 aromatic carbocycles. The van der Waals surface area contributed by atoms with Gasteiger partial charge in [0.15, 0.2) is 0 Å². The van der Waals surface area contributed by atoms with Gasteiger partial charge in [0.2, 0.25) is 5.91 Å². The predicted octanol–water partition coefficient (Wildman–Crippen LogP) is 5.50. The van der Waals surface area contributed by atoms with Crippen LogP contribution in [-0.2, 0) is 11.3 Å². The lowest BCUT2D eigenvalue weighted by Crippen LogP contribution is -2.37. The molecule has 0 unspecified atom stereocenters. The molecule has 0 atom stereocenters. The summed E-state index contributed by atoms with van der Waals surface area (Å²) in [5.41, 5.74) is 1.88. The summed E-state index contributed by atoms with van der Waals surface area (Å²) in [4.78, 5) is 14.8. The fourth-order valence-corrected chi connectivity index (χ4v) is 3.58. The molecule has 1 aliphatic rings. The first kappa shape index (κ1) is 18.5. The van der Waals surface area contributed by atoms with Crippen LogP contribution in [0.3, 0.4) is 0 Å². The van der Waals surface area contributed by atoms with Crippen molar-refractivity contribution >= 4 is 46.4 Å². The number of hydrogen-bond donors (Lipinski definition) is 1. The maximum Gasteiger partial charge on any atom is 0.227 e. The molecular weight excluding hydrogens is 379 g/mol. The number of benzene rings is 2. The maximum absolute atomic E-state index is 12.5. The van der Waals surface area contributed by atoms with E-state index in [0.29, 0.717) is 15.7 Å². The first-order valence-corrected chi connectivity index (χ1v) is 9.37. The number of halogens is 3. The van der Waals surface area contributed by atoms with E-state index in [4.69, 9.17) is 34.8 Å². The van der Waals surface area contributed by atoms with Gasteiger partial charge in [-0.1, -0.05) is 46.9 Å². The van der Waals surface area contributed by atoms with Gasteiger partial charge in [-0.25, -0.2) is 0 Å². The smallest absolute Gasteiger partial charge is 0.227 e. The number of rotatable bonds is 4. The number of carbonyl (C=O) groups is 1. The van der Waals surface area contributed by atoms with Gasteiger partial charge >= 0.3 is 0 Å². The number of nitrogens with zero attached hydrogens (tertiary/aromatic N) is 1. The van der Waals surface area contributed by atoms with Crippen molar-refractivity contribution < 1.29 is 4.79 Å². The van der Waals surface area contributed by atoms with E-state index in [1.54, 1.807) is 18.2 Å². The standard InChI is InChI=1S/C19H19Cl3N2O/c20-15-3-1-2-13(10-15)12-24-8-6-14(7-9-24)19(25)23-16-4-5-17(21)18(22)11-16/h1-5,10-11,14H,6-9,12H2,(H,23,25). The van der Waals surface area contributed by atoms with Gasteiger partial charge in [0.1, 0.15) is 0 Å². The van der Waals surface area contributed by atoms with E-state index >= 15 is 0 Å². The molecule has 1 saturated heterocycles. The van der Waals surface area contributed by atoms with Gasteiger partial charge in [-0.05, 0) is 61.8 Å². The third-order valence-corrected chi connectivity index (χ3v) is 5.41. The van der Waals surface area contributed by atoms with Crippen molar-refractivity contribution in [3.05, 3.63) is 63.1 Å². The van der Waals surface area contributed by atoms with Crippen LogP contribution in [0.1, 0.15) is 18.4 Å². The Morgan fingerprint density at radius 3 is 2.48 bits per heavy atom. The summed E-state index contributed by atoms with van der Waals surface area (Å²) in [7, 11) is 0. The molecule has 6 heteroatoms. The van der Waals surface area contributed by atoms with Crippen LogP contribution in [0, 0.1) is 5.92 Å². The number of hydrogen-bond acceptors (Lipinski definition) is 2. The Hall–Kier alpha value is -1.26. The second-order valence-electron chi connectivity index (χ2n) is 6.30. The molecule has 1 heterocycles. The fourth-order valence-electron chi connectivity index (χ4n) is 3.06. The maximum atomic E-state index is 12.5. The van der Waals surface area contributed by atoms with Crippen LogP contribution in [0.2, 0.25) is 15.1 Å². The molecule has 0 aromatic heterocycles. The summed E-state index contributed by atoms with van der Waals surface area (Å²) in [6.07, 6.45) is 1.68. The van der Waals surface area contributed by atoms with Crippen LogP contribution in [0.4, 0.5) is 5.69 Å². The second kappa shape index (κ2) is 8.41. The van der Waals surface area contributed by atoms with Crippen LogP contribution in [0.25, 0.3) is 0 Å². The third-order valence-electron chi connectivity index (χ3n) is 4.44. The van der Waals surface area contributed by atoms with Gasteiger partial charge in [-0.2, -0.15) is 0 Å². The van der Waals surface area contributed by atoms with E-state index in [0.717, 1.165) is 37.5 Å². The van der Waals surface area contributed by atoms with Crippen LogP contribution in [0.5, 0.6) is 0 Å². The van der Waals surface area contributed by atoms with E-state index in [-0.39, 0.29) is 11.8 Å². The van der Waals surface area contributed by atoms with Crippen LogP contribution in [-0.4, -0.2) is 23.9 Å². The summed E-state index contributed by atoms with van der Waals surface area (Å²) in [5, 5.41) is 4.61. The summed E-state index contributed by atoms with van der Waals surface area (Å²) < 4.78 is 0. The predicted molar refractivity (Wildman–Crippen MR) is 105 cm³/mol. The molecule has 3 nitrogen and oxygen atoms in total. The van der Waals surface area contributed by atoms with Gasteiger partial charge < -0.3 is 5.32 Å². The summed E-state index contributed by atoms with van der Waals surface area (Å²) in [6, 6.07) is 13.0. The first-order chi connectivity index (χ1) is 12.0. The Balaban J connectivity index is 1.51. The number of amides is 1. The summed E-state index contributed by atoms with van der Waals surface area (Å²) in [5.74, 6) is 0.0610. The van der Waals surface area contributed by atoms with Crippen molar-refractivity contribution in [3.63, 3.8) is 0 Å². The zero-order valence-electron chi connectivity index (χ0n) is 13.6. The average Bonchev–Trinajstić information content (AvgIpc) is 2.59. The molecule has 0 aliphatic carbocycles. The number of carbonyl (C=O) groups excluding carboxylic acids is 1. The highest BCUT2D eigenvalue weighted by Crippen LogP contribution is 2.26. The highest BCUT2D eigenvalue weighted by molar-refractivity contribution is 6.42. The van der Waals surface area contributed by atoms with E-state index in [9.17, 15) is 4.79 Å². The van der Waals surface area contributed by atoms with Crippen molar-refractivity contribution in [1.29, 1.82) is 0 Å². The van der Waals surface area contributed by atoms with Gasteiger partial charge in [-0.3, -0.25) is 9.69 Å². The van der Waals surface area contributed by atoms with E-state index in [2.05, 4.69) is 16.3 Å². The van der Waals surface area contributed by atoms with Crippen molar-refractivity contribution in [2.45, 2.75) is 19.4 Å². The lowest BCUT2D eigenvalue weighted by Gasteiger charge is -2.31. The largest absolute Gasteiger partial charge is 0.326 e. The Kier molecular flexibility index (Phi) is 6.24. The quantitative estimate of drug-likeness (QED) is 0.739. The number of anilines is 1. The molecule has 1 amide bonds. The van der Waals surface area contributed by atoms with Gasteiger partial charge in [0, 0.05) is 23.2 Å². The minimum Gasteiger partial charge on any atom is -0.326 e. The Bertz CT molecular complexity index is 758. The summed E-state index contributed by atoms with van der Waals surface area (Å²) in [6.45, 7) is 2.65. The Labute approximate surface area is 162 Å². The fraction of sp³-hybridized carbons (Fsp3) is 0.316. The molecule has 132 valence electrons. The minimum absolute atomic E-state index is 0.0186. The molecule has 1 N–H and O–H groups in total. The topological polar surface area (TPSA) is 32.3 Å². The van der Waals surface area contributed by atoms with E-state index in [1.165, 1.54) is 5.56 Å². The highest BCUT2D eigenvalue weighted by Gasteiger charge is 2.25. The SMILES string of the molecule is O=C(Nc1ccc(Cl)c(Cl)c1)C1CCN(Cc2cccc(Cl)c2)CC1. The van der Waals surface area contributed by atoms with Crippen LogP contribution < -0.4 is 5.32 Å². The molecule has 0 saturated carbocycles. The van der Waals surface area contributed by atoms with Crippen molar-refractivity contribution in [2.24, 2.45) is 5.92 Å². The molecule has 25 heavy (non-hydrogen) atoms. The van der Waals surface area contributed by atoms with Crippen molar-refractivity contribution in [3.8, 4) is 0 Å². The summed E-state index contributed by atoms with van der Waals surface area (Å²) >= 11 is 17.9. The molecule has 1 fully saturated rings. The zero-order valence-corrected chi connectivity index (χ0v) is 15.9. The van der Waals surface area contributed by atoms with Crippen LogP contribution >= 0.6 is 34.8 Å². The molecule has 1 aliphatic heterocycles. The minimum atomic E-state index is 0.0186. The van der Waals surface area contributed by atoms with Crippen molar-refractivity contribution in [1.82, 2.24) is 4.90 Å². The van der Waals surface area contributed by atoms with Gasteiger partial charge in [0.05, 0.1) is 10.0 Å². The normalized spacial score (nSPS) is 16.0.